The van der Waals surface area contributed by atoms with Gasteiger partial charge in [-0.3, -0.25) is 19.4 Å². The van der Waals surface area contributed by atoms with E-state index in [-0.39, 0.29) is 18.5 Å². The van der Waals surface area contributed by atoms with Crippen molar-refractivity contribution in [3.05, 3.63) is 30.7 Å². The summed E-state index contributed by atoms with van der Waals surface area (Å²) in [6.07, 6.45) is 4.34. The molecule has 3 aliphatic rings. The average Bonchev–Trinajstić information content (AvgIpc) is 3.21. The number of anilines is 2. The van der Waals surface area contributed by atoms with Crippen LogP contribution in [0.5, 0.6) is 0 Å². The smallest absolute Gasteiger partial charge is 0.325 e. The molecule has 2 fully saturated rings. The number of benzene rings is 1. The molecule has 10 nitrogen and oxygen atoms in total. The number of aliphatic imine (C=N–C) groups is 1. The van der Waals surface area contributed by atoms with Crippen LogP contribution in [0, 0.1) is 6.42 Å². The fourth-order valence-electron chi connectivity index (χ4n) is 4.05. The van der Waals surface area contributed by atoms with Gasteiger partial charge in [0.05, 0.1) is 12.8 Å². The fraction of sp³-hybridized carbons (Fsp3) is 0.444. The minimum atomic E-state index is -3.45. The molecule has 1 aromatic carbocycles. The molecule has 0 saturated carbocycles. The molecule has 1 aromatic rings. The van der Waals surface area contributed by atoms with Crippen molar-refractivity contribution in [2.45, 2.75) is 18.4 Å². The van der Waals surface area contributed by atoms with Crippen molar-refractivity contribution in [1.82, 2.24) is 9.62 Å². The maximum atomic E-state index is 12.8. The van der Waals surface area contributed by atoms with Gasteiger partial charge in [0.2, 0.25) is 21.9 Å². The second kappa shape index (κ2) is 6.90. The van der Waals surface area contributed by atoms with Crippen LogP contribution in [0.25, 0.3) is 0 Å². The molecule has 0 bridgehead atoms. The maximum Gasteiger partial charge on any atom is 0.325 e. The normalized spacial score (nSPS) is 24.5. The lowest BCUT2D eigenvalue weighted by Crippen LogP contribution is -2.53. The molecule has 0 aliphatic carbocycles. The molecule has 3 amide bonds. The lowest BCUT2D eigenvalue weighted by atomic mass is 9.96. The van der Waals surface area contributed by atoms with Crippen LogP contribution >= 0.6 is 0 Å². The van der Waals surface area contributed by atoms with E-state index in [2.05, 4.69) is 9.71 Å². The van der Waals surface area contributed by atoms with E-state index in [1.54, 1.807) is 34.1 Å². The molecular formula is C18H23N6O4S. The highest BCUT2D eigenvalue weighted by Crippen LogP contribution is 2.38. The van der Waals surface area contributed by atoms with Gasteiger partial charge in [-0.1, -0.05) is 0 Å². The van der Waals surface area contributed by atoms with Crippen molar-refractivity contribution < 1.29 is 18.0 Å². The van der Waals surface area contributed by atoms with Gasteiger partial charge in [0.15, 0.2) is 0 Å². The van der Waals surface area contributed by atoms with Crippen molar-refractivity contribution in [1.29, 1.82) is 0 Å². The summed E-state index contributed by atoms with van der Waals surface area (Å²) in [5.41, 5.74) is 5.95. The number of hydrogen-bond donors (Lipinski definition) is 2. The molecule has 4 rings (SSSR count). The number of guanidine groups is 1. The molecule has 1 radical (unpaired) electrons. The average molecular weight is 419 g/mol. The summed E-state index contributed by atoms with van der Waals surface area (Å²) in [5, 5.41) is 0. The van der Waals surface area contributed by atoms with Crippen molar-refractivity contribution >= 4 is 39.3 Å². The molecule has 155 valence electrons. The highest BCUT2D eigenvalue weighted by molar-refractivity contribution is 7.89. The SMILES string of the molecule is CS(=O)(=O)NC1=NCCCN1c1ccc(N2C[C@@]3(C(N)=O)[CH]CCN3C2=O)cc1. The van der Waals surface area contributed by atoms with E-state index in [1.165, 1.54) is 4.90 Å². The Kier molecular flexibility index (Phi) is 4.64. The van der Waals surface area contributed by atoms with Gasteiger partial charge in [0.25, 0.3) is 0 Å². The second-order valence-electron chi connectivity index (χ2n) is 7.40. The minimum Gasteiger partial charge on any atom is -0.368 e. The number of carbonyl (C=O) groups is 2. The molecule has 3 aliphatic heterocycles. The van der Waals surface area contributed by atoms with E-state index < -0.39 is 21.5 Å². The lowest BCUT2D eigenvalue weighted by Gasteiger charge is -2.29. The maximum absolute atomic E-state index is 12.8. The Morgan fingerprint density at radius 1 is 1.17 bits per heavy atom. The van der Waals surface area contributed by atoms with E-state index in [9.17, 15) is 18.0 Å². The number of nitrogens with one attached hydrogen (secondary N) is 1. The minimum absolute atomic E-state index is 0.187. The van der Waals surface area contributed by atoms with Crippen molar-refractivity contribution in [3.63, 3.8) is 0 Å². The van der Waals surface area contributed by atoms with Gasteiger partial charge in [-0.2, -0.15) is 0 Å². The predicted octanol–water partition coefficient (Wildman–Crippen LogP) is -0.124. The molecule has 0 aromatic heterocycles. The molecule has 29 heavy (non-hydrogen) atoms. The largest absolute Gasteiger partial charge is 0.368 e. The van der Waals surface area contributed by atoms with Crippen molar-refractivity contribution in [2.24, 2.45) is 10.7 Å². The fourth-order valence-corrected chi connectivity index (χ4v) is 4.55. The highest BCUT2D eigenvalue weighted by atomic mass is 32.2. The zero-order chi connectivity index (χ0) is 20.8. The topological polar surface area (TPSA) is 128 Å². The zero-order valence-electron chi connectivity index (χ0n) is 16.0. The number of primary amides is 1. The molecular weight excluding hydrogens is 396 g/mol. The van der Waals surface area contributed by atoms with Gasteiger partial charge in [0.1, 0.15) is 5.54 Å². The van der Waals surface area contributed by atoms with Crippen LogP contribution in [0.2, 0.25) is 0 Å². The van der Waals surface area contributed by atoms with Crippen LogP contribution < -0.4 is 20.3 Å². The zero-order valence-corrected chi connectivity index (χ0v) is 16.9. The Bertz CT molecular complexity index is 977. The van der Waals surface area contributed by atoms with E-state index in [4.69, 9.17) is 5.73 Å². The Hall–Kier alpha value is -2.82. The summed E-state index contributed by atoms with van der Waals surface area (Å²) in [7, 11) is -3.45. The third kappa shape index (κ3) is 3.39. The standard InChI is InChI=1S/C18H23N6O4S/c1-29(27,28)21-16-20-9-3-10-22(16)13-4-6-14(7-5-13)23-12-18(15(19)25)8-2-11-24(18)17(23)26/h4-8H,2-3,9-12H2,1H3,(H2,19,25)(H,20,21)/t18-/m1/s1. The van der Waals surface area contributed by atoms with E-state index in [1.807, 2.05) is 6.42 Å². The summed E-state index contributed by atoms with van der Waals surface area (Å²) < 4.78 is 25.7. The summed E-state index contributed by atoms with van der Waals surface area (Å²) >= 11 is 0. The Balaban J connectivity index is 1.57. The van der Waals surface area contributed by atoms with Gasteiger partial charge in [-0.05, 0) is 37.1 Å². The first kappa shape index (κ1) is 19.5. The number of nitrogens with zero attached hydrogens (tertiary/aromatic N) is 4. The Labute approximate surface area is 169 Å². The number of sulfonamides is 1. The van der Waals surface area contributed by atoms with Crippen LogP contribution in [-0.4, -0.2) is 69.2 Å². The van der Waals surface area contributed by atoms with Gasteiger partial charge in [-0.15, -0.1) is 0 Å². The van der Waals surface area contributed by atoms with Crippen molar-refractivity contribution in [3.8, 4) is 0 Å². The Morgan fingerprint density at radius 3 is 2.41 bits per heavy atom. The van der Waals surface area contributed by atoms with E-state index >= 15 is 0 Å². The van der Waals surface area contributed by atoms with Crippen LogP contribution in [0.4, 0.5) is 16.2 Å². The van der Waals surface area contributed by atoms with Crippen molar-refractivity contribution in [2.75, 3.05) is 42.2 Å². The first-order chi connectivity index (χ1) is 13.7. The number of hydrogen-bond acceptors (Lipinski definition) is 6. The van der Waals surface area contributed by atoms with E-state index in [0.717, 1.165) is 18.4 Å². The lowest BCUT2D eigenvalue weighted by molar-refractivity contribution is -0.124. The van der Waals surface area contributed by atoms with Gasteiger partial charge in [-0.25, -0.2) is 13.2 Å². The number of rotatable bonds is 4. The molecule has 0 unspecified atom stereocenters. The monoisotopic (exact) mass is 419 g/mol. The quantitative estimate of drug-likeness (QED) is 0.703. The third-order valence-corrected chi connectivity index (χ3v) is 5.96. The van der Waals surface area contributed by atoms with Gasteiger partial charge < -0.3 is 15.5 Å². The second-order valence-corrected chi connectivity index (χ2v) is 9.15. The number of amides is 3. The number of urea groups is 1. The number of fused-ring (bicyclic) bond motifs is 1. The predicted molar refractivity (Wildman–Crippen MR) is 109 cm³/mol. The van der Waals surface area contributed by atoms with E-state index in [0.29, 0.717) is 31.7 Å². The highest BCUT2D eigenvalue weighted by Gasteiger charge is 2.56. The first-order valence-corrected chi connectivity index (χ1v) is 11.2. The third-order valence-electron chi connectivity index (χ3n) is 5.41. The first-order valence-electron chi connectivity index (χ1n) is 9.34. The van der Waals surface area contributed by atoms with Crippen LogP contribution in [-0.2, 0) is 14.8 Å². The Morgan fingerprint density at radius 2 is 1.83 bits per heavy atom. The molecule has 2 saturated heterocycles. The summed E-state index contributed by atoms with van der Waals surface area (Å²) in [6.45, 7) is 1.83. The molecule has 0 spiro atoms. The summed E-state index contributed by atoms with van der Waals surface area (Å²) in [4.78, 5) is 34.0. The van der Waals surface area contributed by atoms with Crippen LogP contribution in [0.15, 0.2) is 29.3 Å². The number of carbonyl (C=O) groups excluding carboxylic acids is 2. The number of nitrogens with two attached hydrogens (primary N) is 1. The van der Waals surface area contributed by atoms with Gasteiger partial charge in [0, 0.05) is 37.4 Å². The van der Waals surface area contributed by atoms with Crippen LogP contribution in [0.3, 0.4) is 0 Å². The summed E-state index contributed by atoms with van der Waals surface area (Å²) in [5.74, 6) is -0.241. The summed E-state index contributed by atoms with van der Waals surface area (Å²) in [6, 6.07) is 6.91. The molecule has 3 N–H and O–H groups in total. The van der Waals surface area contributed by atoms with Crippen LogP contribution in [0.1, 0.15) is 12.8 Å². The van der Waals surface area contributed by atoms with Gasteiger partial charge >= 0.3 is 6.03 Å². The molecule has 1 atom stereocenters. The molecule has 11 heteroatoms. The molecule has 3 heterocycles.